The standard InChI is InChI=1S/C24H26ClN5O3S/c1-3-11-29(2)23(26)16-4-6-17(7-5-16)24(30-12-10-27-21(31)15-30)34(32,33)22-14-18-13-19(25)8-9-20(18)28-22/h3-9,13-14,24,26,28H,1,10-12,15H2,2H3,(H,27,31). The van der Waals surface area contributed by atoms with E-state index in [1.807, 2.05) is 0 Å². The first kappa shape index (κ1) is 24.0. The topological polar surface area (TPSA) is 109 Å². The first-order chi connectivity index (χ1) is 16.2. The summed E-state index contributed by atoms with van der Waals surface area (Å²) in [5.74, 6) is 0.0787. The van der Waals surface area contributed by atoms with Crippen LogP contribution < -0.4 is 5.32 Å². The summed E-state index contributed by atoms with van der Waals surface area (Å²) in [5.41, 5.74) is 1.84. The molecule has 2 aromatic carbocycles. The monoisotopic (exact) mass is 499 g/mol. The molecule has 0 bridgehead atoms. The molecule has 0 saturated carbocycles. The van der Waals surface area contributed by atoms with Crippen molar-refractivity contribution >= 4 is 44.1 Å². The van der Waals surface area contributed by atoms with E-state index >= 15 is 0 Å². The van der Waals surface area contributed by atoms with Crippen LogP contribution in [0, 0.1) is 5.41 Å². The first-order valence-electron chi connectivity index (χ1n) is 10.7. The molecule has 178 valence electrons. The van der Waals surface area contributed by atoms with Crippen molar-refractivity contribution < 1.29 is 13.2 Å². The maximum atomic E-state index is 13.9. The number of halogens is 1. The third kappa shape index (κ3) is 4.72. The molecule has 1 saturated heterocycles. The summed E-state index contributed by atoms with van der Waals surface area (Å²) < 4.78 is 27.8. The number of aromatic amines is 1. The number of rotatable bonds is 7. The van der Waals surface area contributed by atoms with Crippen LogP contribution in [0.4, 0.5) is 0 Å². The number of nitrogens with one attached hydrogen (secondary N) is 3. The second kappa shape index (κ2) is 9.61. The van der Waals surface area contributed by atoms with Crippen molar-refractivity contribution in [2.75, 3.05) is 33.2 Å². The van der Waals surface area contributed by atoms with Crippen molar-refractivity contribution in [1.29, 1.82) is 5.41 Å². The molecule has 1 fully saturated rings. The number of sulfone groups is 1. The maximum Gasteiger partial charge on any atom is 0.234 e. The minimum atomic E-state index is -3.94. The van der Waals surface area contributed by atoms with Gasteiger partial charge in [-0.1, -0.05) is 41.9 Å². The quantitative estimate of drug-likeness (QED) is 0.263. The number of hydrogen-bond donors (Lipinski definition) is 3. The van der Waals surface area contributed by atoms with E-state index in [1.54, 1.807) is 71.5 Å². The normalized spacial score (nSPS) is 15.6. The summed E-state index contributed by atoms with van der Waals surface area (Å²) in [4.78, 5) is 18.5. The number of carbonyl (C=O) groups excluding carboxylic acids is 1. The number of amides is 1. The molecule has 0 radical (unpaired) electrons. The smallest absolute Gasteiger partial charge is 0.234 e. The molecule has 3 N–H and O–H groups in total. The highest BCUT2D eigenvalue weighted by atomic mass is 35.5. The van der Waals surface area contributed by atoms with Crippen molar-refractivity contribution in [1.82, 2.24) is 20.1 Å². The van der Waals surface area contributed by atoms with Crippen LogP contribution in [-0.2, 0) is 14.6 Å². The van der Waals surface area contributed by atoms with Gasteiger partial charge in [-0.3, -0.25) is 15.1 Å². The van der Waals surface area contributed by atoms with Gasteiger partial charge in [0, 0.05) is 48.2 Å². The molecule has 34 heavy (non-hydrogen) atoms. The summed E-state index contributed by atoms with van der Waals surface area (Å²) >= 11 is 6.08. The fourth-order valence-corrected chi connectivity index (χ4v) is 6.16. The van der Waals surface area contributed by atoms with Crippen LogP contribution >= 0.6 is 11.6 Å². The van der Waals surface area contributed by atoms with E-state index in [2.05, 4.69) is 16.9 Å². The summed E-state index contributed by atoms with van der Waals surface area (Å²) in [6, 6.07) is 13.6. The lowest BCUT2D eigenvalue weighted by molar-refractivity contribution is -0.124. The van der Waals surface area contributed by atoms with E-state index < -0.39 is 15.2 Å². The van der Waals surface area contributed by atoms with Gasteiger partial charge >= 0.3 is 0 Å². The Hall–Kier alpha value is -3.14. The van der Waals surface area contributed by atoms with E-state index in [1.165, 1.54) is 0 Å². The molecule has 2 heterocycles. The molecular weight excluding hydrogens is 474 g/mol. The van der Waals surface area contributed by atoms with Gasteiger partial charge in [0.05, 0.1) is 6.54 Å². The van der Waals surface area contributed by atoms with Crippen LogP contribution in [0.15, 0.2) is 66.2 Å². The number of amidine groups is 1. The highest BCUT2D eigenvalue weighted by Gasteiger charge is 2.37. The zero-order valence-corrected chi connectivity index (χ0v) is 20.3. The van der Waals surface area contributed by atoms with E-state index in [0.29, 0.717) is 52.5 Å². The zero-order valence-electron chi connectivity index (χ0n) is 18.7. The van der Waals surface area contributed by atoms with E-state index in [-0.39, 0.29) is 17.5 Å². The molecule has 8 nitrogen and oxygen atoms in total. The van der Waals surface area contributed by atoms with Gasteiger partial charge in [-0.25, -0.2) is 8.42 Å². The number of fused-ring (bicyclic) bond motifs is 1. The second-order valence-electron chi connectivity index (χ2n) is 8.22. The Kier molecular flexibility index (Phi) is 6.79. The second-order valence-corrected chi connectivity index (χ2v) is 10.6. The highest BCUT2D eigenvalue weighted by Crippen LogP contribution is 2.34. The summed E-state index contributed by atoms with van der Waals surface area (Å²) in [5, 5.41) is 11.3. The average molecular weight is 500 g/mol. The van der Waals surface area contributed by atoms with Crippen LogP contribution in [0.2, 0.25) is 5.02 Å². The Labute approximate surface area is 203 Å². The Bertz CT molecular complexity index is 1350. The molecule has 4 rings (SSSR count). The predicted molar refractivity (Wildman–Crippen MR) is 134 cm³/mol. The maximum absolute atomic E-state index is 13.9. The summed E-state index contributed by atoms with van der Waals surface area (Å²) in [7, 11) is -2.15. The minimum absolute atomic E-state index is 0.0321. The highest BCUT2D eigenvalue weighted by molar-refractivity contribution is 7.91. The lowest BCUT2D eigenvalue weighted by Gasteiger charge is -2.33. The van der Waals surface area contributed by atoms with Crippen LogP contribution in [0.1, 0.15) is 16.5 Å². The zero-order chi connectivity index (χ0) is 24.5. The van der Waals surface area contributed by atoms with Gasteiger partial charge in [0.1, 0.15) is 16.2 Å². The molecule has 0 spiro atoms. The van der Waals surface area contributed by atoms with Gasteiger partial charge in [0.15, 0.2) is 0 Å². The number of likely N-dealkylation sites (N-methyl/N-ethyl adjacent to an activating group) is 1. The van der Waals surface area contributed by atoms with Gasteiger partial charge in [0.25, 0.3) is 0 Å². The number of carbonyl (C=O) groups is 1. The fraction of sp³-hybridized carbons (Fsp3) is 0.250. The molecule has 0 aliphatic carbocycles. The number of piperazine rings is 1. The Morgan fingerprint density at radius 2 is 2.00 bits per heavy atom. The van der Waals surface area contributed by atoms with E-state index in [9.17, 15) is 13.2 Å². The fourth-order valence-electron chi connectivity index (χ4n) is 4.11. The van der Waals surface area contributed by atoms with Crippen molar-refractivity contribution in [3.8, 4) is 0 Å². The summed E-state index contributed by atoms with van der Waals surface area (Å²) in [6.45, 7) is 4.93. The van der Waals surface area contributed by atoms with E-state index in [0.717, 1.165) is 0 Å². The summed E-state index contributed by atoms with van der Waals surface area (Å²) in [6.07, 6.45) is 1.71. The van der Waals surface area contributed by atoms with Crippen molar-refractivity contribution in [3.63, 3.8) is 0 Å². The number of benzene rings is 2. The first-order valence-corrected chi connectivity index (χ1v) is 12.7. The third-order valence-corrected chi connectivity index (χ3v) is 8.04. The van der Waals surface area contributed by atoms with Crippen molar-refractivity contribution in [2.45, 2.75) is 10.4 Å². The Morgan fingerprint density at radius 3 is 2.68 bits per heavy atom. The van der Waals surface area contributed by atoms with E-state index in [4.69, 9.17) is 17.0 Å². The molecule has 10 heteroatoms. The van der Waals surface area contributed by atoms with Crippen LogP contribution in [0.25, 0.3) is 10.9 Å². The van der Waals surface area contributed by atoms with Crippen molar-refractivity contribution in [3.05, 3.63) is 77.3 Å². The SMILES string of the molecule is C=CCN(C)C(=N)c1ccc(C(N2CCNC(=O)C2)S(=O)(=O)c2cc3cc(Cl)ccc3[nH]2)cc1. The van der Waals surface area contributed by atoms with Crippen molar-refractivity contribution in [2.24, 2.45) is 0 Å². The molecule has 1 aromatic heterocycles. The van der Waals surface area contributed by atoms with Crippen LogP contribution in [-0.4, -0.2) is 68.2 Å². The largest absolute Gasteiger partial charge is 0.356 e. The van der Waals surface area contributed by atoms with Crippen LogP contribution in [0.5, 0.6) is 0 Å². The van der Waals surface area contributed by atoms with Gasteiger partial charge in [0.2, 0.25) is 15.7 Å². The van der Waals surface area contributed by atoms with Gasteiger partial charge in [-0.2, -0.15) is 0 Å². The van der Waals surface area contributed by atoms with Gasteiger partial charge in [-0.05, 0) is 29.8 Å². The number of H-pyrrole nitrogens is 1. The lowest BCUT2D eigenvalue weighted by atomic mass is 10.1. The lowest BCUT2D eigenvalue weighted by Crippen LogP contribution is -2.50. The number of hydrogen-bond acceptors (Lipinski definition) is 5. The molecule has 1 unspecified atom stereocenters. The molecular formula is C24H26ClN5O3S. The predicted octanol–water partition coefficient (Wildman–Crippen LogP) is 3.17. The van der Waals surface area contributed by atoms with Gasteiger partial charge in [-0.15, -0.1) is 6.58 Å². The third-order valence-electron chi connectivity index (χ3n) is 5.81. The van der Waals surface area contributed by atoms with Crippen LogP contribution in [0.3, 0.4) is 0 Å². The molecule has 1 amide bonds. The molecule has 3 aromatic rings. The molecule has 1 aliphatic rings. The molecule has 1 atom stereocenters. The Balaban J connectivity index is 1.75. The molecule has 1 aliphatic heterocycles. The van der Waals surface area contributed by atoms with Gasteiger partial charge < -0.3 is 15.2 Å². The average Bonchev–Trinajstić information content (AvgIpc) is 3.23. The minimum Gasteiger partial charge on any atom is -0.356 e. The number of aromatic nitrogens is 1. The Morgan fingerprint density at radius 1 is 1.26 bits per heavy atom. The number of nitrogens with zero attached hydrogens (tertiary/aromatic N) is 2.